The molecule has 41 heavy (non-hydrogen) atoms. The van der Waals surface area contributed by atoms with Gasteiger partial charge < -0.3 is 0 Å². The Morgan fingerprint density at radius 3 is 2.15 bits per heavy atom. The van der Waals surface area contributed by atoms with Crippen LogP contribution in [0.15, 0.2) is 133 Å². The van der Waals surface area contributed by atoms with Crippen LogP contribution in [0.2, 0.25) is 0 Å². The predicted octanol–water partition coefficient (Wildman–Crippen LogP) is 7.89. The smallest absolute Gasteiger partial charge is 0.176 e. The predicted molar refractivity (Wildman–Crippen MR) is 165 cm³/mol. The number of benzene rings is 5. The van der Waals surface area contributed by atoms with Crippen molar-refractivity contribution in [1.82, 2.24) is 4.90 Å². The topological polar surface area (TPSA) is 32.8 Å². The summed E-state index contributed by atoms with van der Waals surface area (Å²) in [6.45, 7) is 3.47. The van der Waals surface area contributed by atoms with Crippen LogP contribution in [0.25, 0.3) is 10.8 Å². The second kappa shape index (κ2) is 10.6. The molecule has 0 bridgehead atoms. The molecule has 0 radical (unpaired) electrons. The summed E-state index contributed by atoms with van der Waals surface area (Å²) in [5.74, 6) is -0.0548. The van der Waals surface area contributed by atoms with Gasteiger partial charge >= 0.3 is 0 Å². The minimum atomic E-state index is -1.05. The van der Waals surface area contributed by atoms with Crippen molar-refractivity contribution in [2.45, 2.75) is 36.9 Å². The number of piperidine rings is 1. The maximum Gasteiger partial charge on any atom is 0.176 e. The number of nitrogens with zero attached hydrogens (tertiary/aromatic N) is 2. The SMILES string of the molecule is C[C@H](c1ccccc1)N1CCC(=O)[C@@]2(C1)ON(c1ccccc1)[C@H](c1ccccc1)[C@@H]2c1cccc2ccccc12. The third-order valence-corrected chi connectivity index (χ3v) is 9.01. The Kier molecular flexibility index (Phi) is 6.66. The second-order valence-corrected chi connectivity index (χ2v) is 11.3. The number of hydrogen-bond acceptors (Lipinski definition) is 4. The van der Waals surface area contributed by atoms with E-state index >= 15 is 0 Å². The number of carbonyl (C=O) groups is 1. The van der Waals surface area contributed by atoms with Gasteiger partial charge in [-0.1, -0.05) is 121 Å². The number of hydrogen-bond donors (Lipinski definition) is 0. The number of carbonyl (C=O) groups excluding carboxylic acids is 1. The number of para-hydroxylation sites is 1. The van der Waals surface area contributed by atoms with Crippen LogP contribution in [0.4, 0.5) is 5.69 Å². The zero-order valence-corrected chi connectivity index (χ0v) is 23.3. The van der Waals surface area contributed by atoms with E-state index in [1.807, 2.05) is 29.3 Å². The molecule has 0 saturated carbocycles. The minimum absolute atomic E-state index is 0.152. The molecule has 2 fully saturated rings. The normalized spacial score (nSPS) is 23.7. The van der Waals surface area contributed by atoms with Crippen molar-refractivity contribution in [2.75, 3.05) is 18.2 Å². The van der Waals surface area contributed by atoms with Crippen molar-refractivity contribution < 1.29 is 9.63 Å². The van der Waals surface area contributed by atoms with E-state index in [0.29, 0.717) is 19.5 Å². The lowest BCUT2D eigenvalue weighted by Gasteiger charge is -2.43. The molecule has 2 aliphatic rings. The van der Waals surface area contributed by atoms with Crippen molar-refractivity contribution in [3.05, 3.63) is 150 Å². The maximum atomic E-state index is 14.4. The molecule has 2 aliphatic heterocycles. The van der Waals surface area contributed by atoms with Crippen LogP contribution >= 0.6 is 0 Å². The Balaban J connectivity index is 1.44. The average Bonchev–Trinajstić information content (AvgIpc) is 3.38. The van der Waals surface area contributed by atoms with E-state index in [9.17, 15) is 4.79 Å². The number of ketones is 1. The Hall–Kier alpha value is -4.25. The number of Topliss-reactive ketones (excluding diaryl/α,β-unsaturated/α-hetero) is 1. The number of anilines is 1. The lowest BCUT2D eigenvalue weighted by Crippen LogP contribution is -2.58. The quantitative estimate of drug-likeness (QED) is 0.228. The molecule has 2 saturated heterocycles. The van der Waals surface area contributed by atoms with Crippen molar-refractivity contribution >= 4 is 22.2 Å². The molecule has 0 unspecified atom stereocenters. The van der Waals surface area contributed by atoms with Gasteiger partial charge in [0.2, 0.25) is 0 Å². The summed E-state index contributed by atoms with van der Waals surface area (Å²) < 4.78 is 0. The monoisotopic (exact) mass is 538 g/mol. The first-order valence-corrected chi connectivity index (χ1v) is 14.5. The fourth-order valence-corrected chi connectivity index (χ4v) is 6.94. The summed E-state index contributed by atoms with van der Waals surface area (Å²) in [5.41, 5.74) is 3.42. The van der Waals surface area contributed by atoms with Gasteiger partial charge in [-0.25, -0.2) is 5.06 Å². The van der Waals surface area contributed by atoms with Crippen LogP contribution in [0.3, 0.4) is 0 Å². The van der Waals surface area contributed by atoms with E-state index in [2.05, 4.69) is 121 Å². The molecule has 7 rings (SSSR count). The van der Waals surface area contributed by atoms with Crippen molar-refractivity contribution in [3.63, 3.8) is 0 Å². The van der Waals surface area contributed by atoms with E-state index < -0.39 is 5.60 Å². The van der Waals surface area contributed by atoms with Gasteiger partial charge in [0.15, 0.2) is 11.4 Å². The van der Waals surface area contributed by atoms with Gasteiger partial charge in [-0.15, -0.1) is 0 Å². The molecule has 0 aromatic heterocycles. The zero-order valence-electron chi connectivity index (χ0n) is 23.3. The summed E-state index contributed by atoms with van der Waals surface area (Å²) in [6.07, 6.45) is 0.447. The summed E-state index contributed by atoms with van der Waals surface area (Å²) >= 11 is 0. The highest BCUT2D eigenvalue weighted by Gasteiger charge is 2.62. The number of fused-ring (bicyclic) bond motifs is 1. The molecule has 4 heteroatoms. The van der Waals surface area contributed by atoms with Crippen molar-refractivity contribution in [2.24, 2.45) is 0 Å². The molecule has 0 N–H and O–H groups in total. The molecule has 4 atom stereocenters. The molecule has 0 amide bonds. The van der Waals surface area contributed by atoms with Crippen LogP contribution < -0.4 is 5.06 Å². The van der Waals surface area contributed by atoms with Gasteiger partial charge in [0.25, 0.3) is 0 Å². The van der Waals surface area contributed by atoms with Crippen LogP contribution in [0.1, 0.15) is 48.0 Å². The fraction of sp³-hybridized carbons (Fsp3) is 0.216. The summed E-state index contributed by atoms with van der Waals surface area (Å²) in [4.78, 5) is 24.0. The molecule has 5 aromatic carbocycles. The lowest BCUT2D eigenvalue weighted by molar-refractivity contribution is -0.151. The van der Waals surface area contributed by atoms with E-state index in [4.69, 9.17) is 4.84 Å². The van der Waals surface area contributed by atoms with Gasteiger partial charge in [0, 0.05) is 25.6 Å². The van der Waals surface area contributed by atoms with E-state index in [1.54, 1.807) is 0 Å². The van der Waals surface area contributed by atoms with E-state index in [-0.39, 0.29) is 23.8 Å². The molecular formula is C37H34N2O2. The number of rotatable bonds is 5. The molecule has 2 heterocycles. The lowest BCUT2D eigenvalue weighted by atomic mass is 9.70. The van der Waals surface area contributed by atoms with Crippen LogP contribution in [0, 0.1) is 0 Å². The molecular weight excluding hydrogens is 504 g/mol. The molecule has 204 valence electrons. The van der Waals surface area contributed by atoms with Crippen LogP contribution in [0.5, 0.6) is 0 Å². The van der Waals surface area contributed by atoms with E-state index in [1.165, 1.54) is 16.3 Å². The maximum absolute atomic E-state index is 14.4. The molecule has 0 aliphatic carbocycles. The zero-order chi connectivity index (χ0) is 27.8. The summed E-state index contributed by atoms with van der Waals surface area (Å²) in [5, 5.41) is 4.36. The summed E-state index contributed by atoms with van der Waals surface area (Å²) in [7, 11) is 0. The number of hydroxylamine groups is 1. The van der Waals surface area contributed by atoms with Gasteiger partial charge in [0.1, 0.15) is 0 Å². The Bertz CT molecular complexity index is 1650. The highest BCUT2D eigenvalue weighted by molar-refractivity contribution is 5.93. The minimum Gasteiger partial charge on any atom is -0.296 e. The first-order chi connectivity index (χ1) is 20.2. The molecule has 1 spiro atoms. The van der Waals surface area contributed by atoms with Gasteiger partial charge in [-0.2, -0.15) is 0 Å². The van der Waals surface area contributed by atoms with E-state index in [0.717, 1.165) is 16.8 Å². The average molecular weight is 539 g/mol. The fourth-order valence-electron chi connectivity index (χ4n) is 6.94. The third-order valence-electron chi connectivity index (χ3n) is 9.01. The standard InChI is InChI=1S/C37H34N2O2/c1-27(28-14-5-2-6-15-28)38-25-24-34(40)37(26-38)35(33-23-13-19-29-16-11-12-22-32(29)33)36(30-17-7-3-8-18-30)39(41-37)31-20-9-4-10-21-31/h2-23,27,35-36H,24-26H2,1H3/t27-,35+,36-,37-/m1/s1. The van der Waals surface area contributed by atoms with Gasteiger partial charge in [0.05, 0.1) is 17.6 Å². The Morgan fingerprint density at radius 2 is 1.39 bits per heavy atom. The largest absolute Gasteiger partial charge is 0.296 e. The van der Waals surface area contributed by atoms with Crippen LogP contribution in [-0.2, 0) is 9.63 Å². The molecule has 4 nitrogen and oxygen atoms in total. The Morgan fingerprint density at radius 1 is 0.756 bits per heavy atom. The highest BCUT2D eigenvalue weighted by atomic mass is 16.7. The van der Waals surface area contributed by atoms with Crippen molar-refractivity contribution in [1.29, 1.82) is 0 Å². The Labute approximate surface area is 241 Å². The first kappa shape index (κ1) is 25.7. The highest BCUT2D eigenvalue weighted by Crippen LogP contribution is 2.56. The van der Waals surface area contributed by atoms with Crippen LogP contribution in [-0.4, -0.2) is 29.4 Å². The van der Waals surface area contributed by atoms with Gasteiger partial charge in [-0.05, 0) is 46.5 Å². The number of likely N-dealkylation sites (tertiary alicyclic amines) is 1. The third kappa shape index (κ3) is 4.44. The second-order valence-electron chi connectivity index (χ2n) is 11.3. The van der Waals surface area contributed by atoms with Gasteiger partial charge in [-0.3, -0.25) is 14.5 Å². The van der Waals surface area contributed by atoms with Crippen molar-refractivity contribution in [3.8, 4) is 0 Å². The first-order valence-electron chi connectivity index (χ1n) is 14.5. The molecule has 5 aromatic rings. The summed E-state index contributed by atoms with van der Waals surface area (Å²) in [6, 6.07) is 46.3.